The lowest BCUT2D eigenvalue weighted by atomic mass is 10.1. The highest BCUT2D eigenvalue weighted by molar-refractivity contribution is 5.83. The van der Waals surface area contributed by atoms with Crippen LogP contribution >= 0.6 is 0 Å². The highest BCUT2D eigenvalue weighted by Gasteiger charge is 2.27. The van der Waals surface area contributed by atoms with Gasteiger partial charge in [0.1, 0.15) is 11.3 Å². The molecule has 0 aliphatic carbocycles. The number of rotatable bonds is 4. The molecule has 4 rings (SSSR count). The van der Waals surface area contributed by atoms with Crippen LogP contribution in [-0.2, 0) is 11.2 Å². The van der Waals surface area contributed by atoms with Crippen molar-refractivity contribution in [2.24, 2.45) is 0 Å². The van der Waals surface area contributed by atoms with E-state index in [4.69, 9.17) is 4.42 Å². The second-order valence-electron chi connectivity index (χ2n) is 6.79. The van der Waals surface area contributed by atoms with Crippen LogP contribution in [0, 0.1) is 0 Å². The number of carbonyl (C=O) groups excluding carboxylic acids is 1. The molecular formula is C21H22N2O2. The zero-order valence-electron chi connectivity index (χ0n) is 14.5. The molecule has 1 amide bonds. The van der Waals surface area contributed by atoms with E-state index >= 15 is 0 Å². The van der Waals surface area contributed by atoms with Gasteiger partial charge in [-0.1, -0.05) is 36.4 Å². The quantitative estimate of drug-likeness (QED) is 0.782. The average molecular weight is 334 g/mol. The highest BCUT2D eigenvalue weighted by Crippen LogP contribution is 2.31. The van der Waals surface area contributed by atoms with Crippen molar-refractivity contribution in [2.75, 3.05) is 11.4 Å². The van der Waals surface area contributed by atoms with Crippen LogP contribution in [0.5, 0.6) is 0 Å². The largest absolute Gasteiger partial charge is 0.459 e. The molecule has 0 radical (unpaired) electrons. The molecule has 4 heteroatoms. The van der Waals surface area contributed by atoms with Gasteiger partial charge in [-0.15, -0.1) is 0 Å². The van der Waals surface area contributed by atoms with Gasteiger partial charge in [0.05, 0.1) is 12.6 Å². The Morgan fingerprint density at radius 1 is 1.24 bits per heavy atom. The van der Waals surface area contributed by atoms with E-state index in [2.05, 4.69) is 35.3 Å². The number of amides is 1. The summed E-state index contributed by atoms with van der Waals surface area (Å²) in [5, 5.41) is 4.12. The van der Waals surface area contributed by atoms with E-state index in [0.29, 0.717) is 12.6 Å². The molecule has 0 unspecified atom stereocenters. The average Bonchev–Trinajstić information content (AvgIpc) is 3.16. The van der Waals surface area contributed by atoms with Crippen LogP contribution in [0.3, 0.4) is 0 Å². The number of fused-ring (bicyclic) bond motifs is 2. The number of nitrogens with zero attached hydrogens (tertiary/aromatic N) is 1. The van der Waals surface area contributed by atoms with Crippen molar-refractivity contribution in [2.45, 2.75) is 32.4 Å². The predicted molar refractivity (Wildman–Crippen MR) is 99.7 cm³/mol. The minimum atomic E-state index is -0.159. The summed E-state index contributed by atoms with van der Waals surface area (Å²) in [6.07, 6.45) is 0.989. The predicted octanol–water partition coefficient (Wildman–Crippen LogP) is 4.06. The Balaban J connectivity index is 1.45. The Labute approximate surface area is 147 Å². The second kappa shape index (κ2) is 6.28. The lowest BCUT2D eigenvalue weighted by Crippen LogP contribution is -2.40. The zero-order valence-corrected chi connectivity index (χ0v) is 14.5. The number of para-hydroxylation sites is 2. The van der Waals surface area contributed by atoms with E-state index in [0.717, 1.165) is 23.2 Å². The summed E-state index contributed by atoms with van der Waals surface area (Å²) in [6.45, 7) is 4.48. The van der Waals surface area contributed by atoms with Crippen LogP contribution in [0.2, 0.25) is 0 Å². The normalized spacial score (nSPS) is 17.5. The molecule has 0 saturated heterocycles. The van der Waals surface area contributed by atoms with Gasteiger partial charge in [0.25, 0.3) is 0 Å². The number of furan rings is 1. The monoisotopic (exact) mass is 334 g/mol. The van der Waals surface area contributed by atoms with E-state index in [-0.39, 0.29) is 11.9 Å². The molecule has 2 aromatic carbocycles. The van der Waals surface area contributed by atoms with Gasteiger partial charge in [-0.2, -0.15) is 0 Å². The Morgan fingerprint density at radius 2 is 2.00 bits per heavy atom. The van der Waals surface area contributed by atoms with Gasteiger partial charge in [-0.05, 0) is 44.0 Å². The maximum Gasteiger partial charge on any atom is 0.240 e. The second-order valence-corrected chi connectivity index (χ2v) is 6.79. The Kier molecular flexibility index (Phi) is 3.96. The number of benzene rings is 2. The summed E-state index contributed by atoms with van der Waals surface area (Å²) in [4.78, 5) is 14.7. The van der Waals surface area contributed by atoms with Gasteiger partial charge in [-0.25, -0.2) is 0 Å². The van der Waals surface area contributed by atoms with Gasteiger partial charge in [0, 0.05) is 17.1 Å². The summed E-state index contributed by atoms with van der Waals surface area (Å²) in [7, 11) is 0. The van der Waals surface area contributed by atoms with Crippen LogP contribution < -0.4 is 10.2 Å². The summed E-state index contributed by atoms with van der Waals surface area (Å²) >= 11 is 0. The molecular weight excluding hydrogens is 312 g/mol. The van der Waals surface area contributed by atoms with Crippen molar-refractivity contribution < 1.29 is 9.21 Å². The highest BCUT2D eigenvalue weighted by atomic mass is 16.3. The number of nitrogens with one attached hydrogen (secondary N) is 1. The first-order chi connectivity index (χ1) is 12.1. The molecule has 1 aromatic heterocycles. The molecule has 0 bridgehead atoms. The first kappa shape index (κ1) is 15.8. The number of carbonyl (C=O) groups is 1. The third kappa shape index (κ3) is 3.00. The fraction of sp³-hybridized carbons (Fsp3) is 0.286. The SMILES string of the molecule is C[C@H](NC(=O)CN1c2ccccc2C[C@H]1C)c1cc2ccccc2o1. The molecule has 2 atom stereocenters. The molecule has 4 nitrogen and oxygen atoms in total. The minimum Gasteiger partial charge on any atom is -0.459 e. The first-order valence-corrected chi connectivity index (χ1v) is 8.74. The molecule has 25 heavy (non-hydrogen) atoms. The van der Waals surface area contributed by atoms with Crippen molar-refractivity contribution >= 4 is 22.6 Å². The van der Waals surface area contributed by atoms with Crippen molar-refractivity contribution in [1.29, 1.82) is 0 Å². The first-order valence-electron chi connectivity index (χ1n) is 8.74. The standard InChI is InChI=1S/C21H22N2O2/c1-14-11-16-7-3-5-9-18(16)23(14)13-21(24)22-15(2)20-12-17-8-4-6-10-19(17)25-20/h3-10,12,14-15H,11,13H2,1-2H3,(H,22,24)/t14-,15+/m1/s1. The lowest BCUT2D eigenvalue weighted by Gasteiger charge is -2.25. The molecule has 0 saturated carbocycles. The minimum absolute atomic E-state index is 0.0107. The van der Waals surface area contributed by atoms with Crippen LogP contribution in [-0.4, -0.2) is 18.5 Å². The third-order valence-corrected chi connectivity index (χ3v) is 4.91. The van der Waals surface area contributed by atoms with Gasteiger partial charge in [-0.3, -0.25) is 4.79 Å². The van der Waals surface area contributed by atoms with Crippen LogP contribution in [0.4, 0.5) is 5.69 Å². The smallest absolute Gasteiger partial charge is 0.240 e. The molecule has 1 N–H and O–H groups in total. The third-order valence-electron chi connectivity index (χ3n) is 4.91. The van der Waals surface area contributed by atoms with Gasteiger partial charge >= 0.3 is 0 Å². The van der Waals surface area contributed by atoms with E-state index in [1.807, 2.05) is 43.3 Å². The Bertz CT molecular complexity index is 882. The lowest BCUT2D eigenvalue weighted by molar-refractivity contribution is -0.120. The fourth-order valence-electron chi connectivity index (χ4n) is 3.60. The Hall–Kier alpha value is -2.75. The summed E-state index contributed by atoms with van der Waals surface area (Å²) in [6, 6.07) is 18.4. The van der Waals surface area contributed by atoms with Crippen molar-refractivity contribution in [3.8, 4) is 0 Å². The van der Waals surface area contributed by atoms with E-state index in [1.54, 1.807) is 0 Å². The molecule has 0 spiro atoms. The van der Waals surface area contributed by atoms with Crippen molar-refractivity contribution in [3.05, 3.63) is 65.9 Å². The van der Waals surface area contributed by atoms with Crippen LogP contribution in [0.1, 0.15) is 31.2 Å². The van der Waals surface area contributed by atoms with Crippen LogP contribution in [0.25, 0.3) is 11.0 Å². The topological polar surface area (TPSA) is 45.5 Å². The molecule has 1 aliphatic rings. The maximum absolute atomic E-state index is 12.6. The zero-order chi connectivity index (χ0) is 17.4. The number of hydrogen-bond acceptors (Lipinski definition) is 3. The van der Waals surface area contributed by atoms with Gasteiger partial charge < -0.3 is 14.6 Å². The fourth-order valence-corrected chi connectivity index (χ4v) is 3.60. The summed E-state index contributed by atoms with van der Waals surface area (Å²) in [5.74, 6) is 0.793. The molecule has 0 fully saturated rings. The summed E-state index contributed by atoms with van der Waals surface area (Å²) in [5.41, 5.74) is 3.33. The van der Waals surface area contributed by atoms with Crippen molar-refractivity contribution in [1.82, 2.24) is 5.32 Å². The molecule has 128 valence electrons. The molecule has 2 heterocycles. The molecule has 1 aliphatic heterocycles. The Morgan fingerprint density at radius 3 is 2.84 bits per heavy atom. The van der Waals surface area contributed by atoms with Crippen LogP contribution in [0.15, 0.2) is 59.0 Å². The van der Waals surface area contributed by atoms with Gasteiger partial charge in [0.15, 0.2) is 0 Å². The number of anilines is 1. The molecule has 3 aromatic rings. The maximum atomic E-state index is 12.6. The van der Waals surface area contributed by atoms with E-state index in [9.17, 15) is 4.79 Å². The van der Waals surface area contributed by atoms with E-state index in [1.165, 1.54) is 11.3 Å². The van der Waals surface area contributed by atoms with Gasteiger partial charge in [0.2, 0.25) is 5.91 Å². The van der Waals surface area contributed by atoms with E-state index < -0.39 is 0 Å². The number of hydrogen-bond donors (Lipinski definition) is 1. The summed E-state index contributed by atoms with van der Waals surface area (Å²) < 4.78 is 5.85. The van der Waals surface area contributed by atoms with Crippen molar-refractivity contribution in [3.63, 3.8) is 0 Å².